The number of aliphatic hydroxyl groups is 1. The van der Waals surface area contributed by atoms with Gasteiger partial charge in [-0.05, 0) is 148 Å². The van der Waals surface area contributed by atoms with E-state index in [1.54, 1.807) is 34.6 Å². The van der Waals surface area contributed by atoms with E-state index in [-0.39, 0.29) is 108 Å². The van der Waals surface area contributed by atoms with Crippen molar-refractivity contribution in [1.29, 1.82) is 5.41 Å². The van der Waals surface area contributed by atoms with Gasteiger partial charge in [-0.1, -0.05) is 48.0 Å². The zero-order chi connectivity index (χ0) is 89.4. The van der Waals surface area contributed by atoms with Crippen LogP contribution in [0.3, 0.4) is 0 Å². The second-order valence-corrected chi connectivity index (χ2v) is 29.1. The molecule has 0 saturated heterocycles. The third-order valence-electron chi connectivity index (χ3n) is 17.9. The number of unbranched alkanes of at least 4 members (excludes halogenated alkanes) is 3. The molecule has 0 aromatic heterocycles. The summed E-state index contributed by atoms with van der Waals surface area (Å²) in [5.74, 6) is -23.8. The van der Waals surface area contributed by atoms with E-state index in [0.717, 1.165) is 0 Å². The van der Waals surface area contributed by atoms with Gasteiger partial charge in [0.05, 0.1) is 32.0 Å². The van der Waals surface area contributed by atoms with Crippen LogP contribution in [0.4, 0.5) is 0 Å². The summed E-state index contributed by atoms with van der Waals surface area (Å²) in [4.78, 5) is 253. The fourth-order valence-corrected chi connectivity index (χ4v) is 11.2. The second kappa shape index (κ2) is 57.1. The molecule has 33 N–H and O–H groups in total. The number of aliphatic hydroxyl groups excluding tert-OH is 1. The maximum Gasteiger partial charge on any atom is 0.326 e. The van der Waals surface area contributed by atoms with Crippen molar-refractivity contribution in [3.63, 3.8) is 0 Å². The van der Waals surface area contributed by atoms with Gasteiger partial charge in [0.15, 0.2) is 5.96 Å². The number of nitrogens with one attached hydrogen (secondary N) is 16. The molecule has 0 aromatic rings. The van der Waals surface area contributed by atoms with Gasteiger partial charge >= 0.3 is 23.9 Å². The van der Waals surface area contributed by atoms with Crippen molar-refractivity contribution in [3.8, 4) is 0 Å². The van der Waals surface area contributed by atoms with E-state index >= 15 is 0 Å². The summed E-state index contributed by atoms with van der Waals surface area (Å²) in [5.41, 5.74) is 33.7. The Bertz CT molecular complexity index is 3350. The summed E-state index contributed by atoms with van der Waals surface area (Å²) < 4.78 is 0. The quantitative estimate of drug-likeness (QED) is 0.0153. The smallest absolute Gasteiger partial charge is 0.326 e. The Labute approximate surface area is 677 Å². The SMILES string of the molecule is CC[C@H](C)[C@H](NC(=O)[C@H](CCC(N)=O)NC(=O)CNC(=O)[C@H](CC(=O)O)NC(=O)[C@H](CCCCN)NC(=O)[C@H](CO)NC(=O)[C@H](CCC(=O)O)NC(=O)[C@H](CC(C)C)NC(=O)[C@@H](N)CCCNC(=N)N)C(=O)N[C@@H](CCCCN)C(=O)N[C@@H](CC(C)C)C(=O)N[C@@H](CC(=O)O)C(=O)N[C@@H](C)C(=O)N[C@@H](C)C(=O)N[C@@H](CCCCN)C(=O)O. The van der Waals surface area contributed by atoms with Gasteiger partial charge in [-0.15, -0.1) is 0 Å². The molecule has 46 nitrogen and oxygen atoms in total. The molecule has 664 valence electrons. The zero-order valence-corrected chi connectivity index (χ0v) is 67.7. The molecule has 0 aliphatic rings. The first-order valence-corrected chi connectivity index (χ1v) is 38.8. The number of amides is 15. The number of carboxylic acids is 4. The molecule has 0 radical (unpaired) electrons. The number of primary amides is 1. The van der Waals surface area contributed by atoms with E-state index < -0.39 is 255 Å². The Hall–Kier alpha value is -11.0. The van der Waals surface area contributed by atoms with Crippen molar-refractivity contribution in [2.24, 2.45) is 52.2 Å². The topological polar surface area (TPSA) is 786 Å². The first kappa shape index (κ1) is 106. The van der Waals surface area contributed by atoms with Crippen molar-refractivity contribution >= 4 is 118 Å². The standard InChI is InChI=1S/C71H126N22O24/c1-9-37(6)56(69(115)86-42(19-11-14-26-73)62(108)89-47(30-36(4)5)67(113)91-49(32-55(101)102)65(111)82-38(7)57(103)81-39(8)58(104)87-45(70(116)117)20-12-15-27-74)93-64(110)43(21-23-51(76)95)83-52(96)33-80-60(106)48(31-54(99)100)90-61(107)41(18-10-13-25-72)84-68(114)50(34-94)92-63(109)44(22-24-53(97)98)85-66(112)46(29-35(2)3)88-59(105)40(75)17-16-28-79-71(77)78/h35-50,56,94H,9-34,72-75H2,1-8H3,(H2,76,95)(H,80,106)(H,81,103)(H,82,111)(H,83,96)(H,84,114)(H,85,112)(H,86,115)(H,87,104)(H,88,105)(H,89,108)(H,90,107)(H,91,113)(H,92,109)(H,93,110)(H,97,98)(H,99,100)(H,101,102)(H,116,117)(H4,77,78,79)/t37-,38-,39-,40-,41-,42-,43-,44-,45-,46-,47-,48-,49-,50-,56-/m0/s1. The maximum atomic E-state index is 14.5. The van der Waals surface area contributed by atoms with Crippen LogP contribution >= 0.6 is 0 Å². The van der Waals surface area contributed by atoms with Crippen LogP contribution in [-0.2, 0) is 91.1 Å². The number of carbonyl (C=O) groups is 19. The van der Waals surface area contributed by atoms with Crippen LogP contribution in [0.15, 0.2) is 0 Å². The lowest BCUT2D eigenvalue weighted by molar-refractivity contribution is -0.142. The van der Waals surface area contributed by atoms with E-state index in [4.69, 9.17) is 39.8 Å². The van der Waals surface area contributed by atoms with E-state index in [1.165, 1.54) is 20.8 Å². The highest BCUT2D eigenvalue weighted by atomic mass is 16.4. The van der Waals surface area contributed by atoms with Crippen molar-refractivity contribution in [2.45, 2.75) is 268 Å². The number of carbonyl (C=O) groups excluding carboxylic acids is 15. The molecule has 46 heteroatoms. The molecule has 15 amide bonds. The summed E-state index contributed by atoms with van der Waals surface area (Å²) in [6.45, 7) is 10.8. The molecule has 0 aliphatic carbocycles. The zero-order valence-electron chi connectivity index (χ0n) is 67.7. The molecular weight excluding hydrogens is 1540 g/mol. The average Bonchev–Trinajstić information content (AvgIpc) is 0.853. The van der Waals surface area contributed by atoms with Crippen LogP contribution in [0.2, 0.25) is 0 Å². The molecule has 15 atom stereocenters. The normalized spacial score (nSPS) is 14.9. The highest BCUT2D eigenvalue weighted by molar-refractivity contribution is 6.01. The Morgan fingerprint density at radius 1 is 0.359 bits per heavy atom. The Kier molecular flexibility index (Phi) is 51.8. The minimum atomic E-state index is -2.03. The summed E-state index contributed by atoms with van der Waals surface area (Å²) >= 11 is 0. The molecular formula is C71H126N22O24. The first-order chi connectivity index (χ1) is 54.9. The Balaban J connectivity index is 6.81. The number of carboxylic acid groups (broad SMARTS) is 4. The first-order valence-electron chi connectivity index (χ1n) is 38.8. The van der Waals surface area contributed by atoms with Gasteiger partial charge in [0.1, 0.15) is 78.5 Å². The van der Waals surface area contributed by atoms with Crippen molar-refractivity contribution in [1.82, 2.24) is 79.8 Å². The third kappa shape index (κ3) is 44.6. The molecule has 0 spiro atoms. The van der Waals surface area contributed by atoms with Gasteiger partial charge in [0.2, 0.25) is 88.6 Å². The van der Waals surface area contributed by atoms with Crippen molar-refractivity contribution in [2.75, 3.05) is 39.3 Å². The van der Waals surface area contributed by atoms with E-state index in [1.807, 2.05) is 0 Å². The predicted molar refractivity (Wildman–Crippen MR) is 418 cm³/mol. The summed E-state index contributed by atoms with van der Waals surface area (Å²) in [6.07, 6.45) is -2.87. The number of hydrogen-bond acceptors (Lipinski definition) is 25. The largest absolute Gasteiger partial charge is 0.481 e. The summed E-state index contributed by atoms with van der Waals surface area (Å²) in [5, 5.41) is 91.9. The van der Waals surface area contributed by atoms with Crippen LogP contribution in [0.25, 0.3) is 0 Å². The second-order valence-electron chi connectivity index (χ2n) is 29.1. The Morgan fingerprint density at radius 3 is 1.15 bits per heavy atom. The minimum Gasteiger partial charge on any atom is -0.481 e. The van der Waals surface area contributed by atoms with Crippen LogP contribution in [-0.4, -0.2) is 268 Å². The van der Waals surface area contributed by atoms with Gasteiger partial charge in [-0.3, -0.25) is 91.7 Å². The van der Waals surface area contributed by atoms with E-state index in [0.29, 0.717) is 25.7 Å². The van der Waals surface area contributed by atoms with Crippen LogP contribution in [0.5, 0.6) is 0 Å². The van der Waals surface area contributed by atoms with Crippen LogP contribution in [0.1, 0.15) is 184 Å². The van der Waals surface area contributed by atoms with Gasteiger partial charge < -0.3 is 140 Å². The van der Waals surface area contributed by atoms with Gasteiger partial charge in [-0.2, -0.15) is 0 Å². The van der Waals surface area contributed by atoms with Gasteiger partial charge in [-0.25, -0.2) is 4.79 Å². The lowest BCUT2D eigenvalue weighted by Gasteiger charge is -2.29. The fraction of sp³-hybridized carbons (Fsp3) is 0.718. The number of aliphatic carboxylic acids is 4. The molecule has 0 heterocycles. The molecule has 117 heavy (non-hydrogen) atoms. The third-order valence-corrected chi connectivity index (χ3v) is 17.9. The monoisotopic (exact) mass is 1670 g/mol. The summed E-state index contributed by atoms with van der Waals surface area (Å²) in [7, 11) is 0. The van der Waals surface area contributed by atoms with Crippen molar-refractivity contribution < 1.29 is 117 Å². The lowest BCUT2D eigenvalue weighted by atomic mass is 9.96. The molecule has 0 fully saturated rings. The highest BCUT2D eigenvalue weighted by Crippen LogP contribution is 2.15. The molecule has 0 unspecified atom stereocenters. The molecule has 0 bridgehead atoms. The van der Waals surface area contributed by atoms with E-state index in [2.05, 4.69) is 79.8 Å². The van der Waals surface area contributed by atoms with E-state index in [9.17, 15) is 117 Å². The van der Waals surface area contributed by atoms with Crippen LogP contribution < -0.4 is 114 Å². The molecule has 0 aromatic carbocycles. The molecule has 0 saturated carbocycles. The summed E-state index contributed by atoms with van der Waals surface area (Å²) in [6, 6.07) is -22.2. The minimum absolute atomic E-state index is 0.00131. The number of guanidine groups is 1. The highest BCUT2D eigenvalue weighted by Gasteiger charge is 2.39. The number of nitrogens with two attached hydrogens (primary N) is 6. The fourth-order valence-electron chi connectivity index (χ4n) is 11.2. The van der Waals surface area contributed by atoms with Gasteiger partial charge in [0, 0.05) is 19.4 Å². The number of hydrogen-bond donors (Lipinski definition) is 27. The number of rotatable bonds is 62. The average molecular weight is 1670 g/mol. The molecule has 0 rings (SSSR count). The van der Waals surface area contributed by atoms with Crippen molar-refractivity contribution in [3.05, 3.63) is 0 Å². The predicted octanol–water partition coefficient (Wildman–Crippen LogP) is -8.28. The Morgan fingerprint density at radius 2 is 0.718 bits per heavy atom. The maximum absolute atomic E-state index is 14.5. The van der Waals surface area contributed by atoms with Gasteiger partial charge in [0.25, 0.3) is 0 Å². The molecule has 0 aliphatic heterocycles. The lowest BCUT2D eigenvalue weighted by Crippen LogP contribution is -2.61. The van der Waals surface area contributed by atoms with Crippen LogP contribution in [0, 0.1) is 23.2 Å².